The van der Waals surface area contributed by atoms with Gasteiger partial charge in [0.1, 0.15) is 11.8 Å². The first-order chi connectivity index (χ1) is 13.0. The van der Waals surface area contributed by atoms with Gasteiger partial charge >= 0.3 is 5.97 Å². The summed E-state index contributed by atoms with van der Waals surface area (Å²) < 4.78 is 10.1. The summed E-state index contributed by atoms with van der Waals surface area (Å²) in [6.07, 6.45) is 0.791. The van der Waals surface area contributed by atoms with Crippen LogP contribution in [0.15, 0.2) is 24.3 Å². The van der Waals surface area contributed by atoms with Crippen molar-refractivity contribution in [3.05, 3.63) is 24.3 Å². The number of ether oxygens (including phenoxy) is 2. The molecule has 0 aliphatic carbocycles. The second-order valence-electron chi connectivity index (χ2n) is 6.92. The number of carbonyl (C=O) groups excluding carboxylic acids is 2. The van der Waals surface area contributed by atoms with Gasteiger partial charge in [0.15, 0.2) is 0 Å². The lowest BCUT2D eigenvalue weighted by atomic mass is 9.99. The Kier molecular flexibility index (Phi) is 7.91. The van der Waals surface area contributed by atoms with Gasteiger partial charge in [0.25, 0.3) is 0 Å². The maximum Gasteiger partial charge on any atom is 0.328 e. The SMILES string of the molecule is CC[C@H](C)[C@H](NC(=O)CN1CCN(c2cccc(OC)c2)CC1)C(=O)OC. The van der Waals surface area contributed by atoms with Gasteiger partial charge in [-0.2, -0.15) is 0 Å². The number of carbonyl (C=O) groups is 2. The third-order valence-electron chi connectivity index (χ3n) is 5.14. The second kappa shape index (κ2) is 10.2. The molecule has 0 bridgehead atoms. The van der Waals surface area contributed by atoms with Crippen LogP contribution in [0.4, 0.5) is 5.69 Å². The molecule has 1 amide bonds. The molecule has 0 unspecified atom stereocenters. The van der Waals surface area contributed by atoms with Crippen LogP contribution in [0, 0.1) is 5.92 Å². The Balaban J connectivity index is 1.85. The summed E-state index contributed by atoms with van der Waals surface area (Å²) in [5.41, 5.74) is 1.13. The molecular weight excluding hydrogens is 346 g/mol. The standard InChI is InChI=1S/C20H31N3O4/c1-5-15(2)19(20(25)27-4)21-18(24)14-22-9-11-23(12-10-22)16-7-6-8-17(13-16)26-3/h6-8,13,15,19H,5,9-12,14H2,1-4H3,(H,21,24)/t15-,19-/m0/s1. The first-order valence-corrected chi connectivity index (χ1v) is 9.47. The predicted molar refractivity (Wildman–Crippen MR) is 105 cm³/mol. The van der Waals surface area contributed by atoms with E-state index in [9.17, 15) is 9.59 Å². The molecule has 0 radical (unpaired) electrons. The molecule has 150 valence electrons. The van der Waals surface area contributed by atoms with Crippen molar-refractivity contribution in [1.82, 2.24) is 10.2 Å². The number of nitrogens with one attached hydrogen (secondary N) is 1. The molecule has 1 saturated heterocycles. The quantitative estimate of drug-likeness (QED) is 0.693. The zero-order valence-electron chi connectivity index (χ0n) is 16.7. The highest BCUT2D eigenvalue weighted by Gasteiger charge is 2.28. The van der Waals surface area contributed by atoms with E-state index in [4.69, 9.17) is 9.47 Å². The smallest absolute Gasteiger partial charge is 0.328 e. The molecule has 0 saturated carbocycles. The topological polar surface area (TPSA) is 71.1 Å². The summed E-state index contributed by atoms with van der Waals surface area (Å²) in [6, 6.07) is 7.41. The van der Waals surface area contributed by atoms with E-state index in [2.05, 4.69) is 21.2 Å². The van der Waals surface area contributed by atoms with Gasteiger partial charge in [-0.05, 0) is 18.1 Å². The van der Waals surface area contributed by atoms with Gasteiger partial charge in [0.2, 0.25) is 5.91 Å². The third kappa shape index (κ3) is 5.85. The average molecular weight is 377 g/mol. The van der Waals surface area contributed by atoms with E-state index in [1.165, 1.54) is 7.11 Å². The normalized spacial score (nSPS) is 17.1. The highest BCUT2D eigenvalue weighted by molar-refractivity contribution is 5.85. The number of methoxy groups -OCH3 is 2. The third-order valence-corrected chi connectivity index (χ3v) is 5.14. The van der Waals surface area contributed by atoms with Gasteiger partial charge in [0.05, 0.1) is 20.8 Å². The first-order valence-electron chi connectivity index (χ1n) is 9.47. The minimum atomic E-state index is -0.592. The van der Waals surface area contributed by atoms with Gasteiger partial charge in [-0.1, -0.05) is 26.3 Å². The number of esters is 1. The second-order valence-corrected chi connectivity index (χ2v) is 6.92. The van der Waals surface area contributed by atoms with Crippen molar-refractivity contribution in [2.24, 2.45) is 5.92 Å². The fourth-order valence-electron chi connectivity index (χ4n) is 3.19. The maximum absolute atomic E-state index is 12.4. The summed E-state index contributed by atoms with van der Waals surface area (Å²) in [5, 5.41) is 2.84. The summed E-state index contributed by atoms with van der Waals surface area (Å²) in [4.78, 5) is 28.7. The van der Waals surface area contributed by atoms with Crippen molar-refractivity contribution in [2.75, 3.05) is 51.8 Å². The van der Waals surface area contributed by atoms with E-state index >= 15 is 0 Å². The molecule has 1 aliphatic heterocycles. The fourth-order valence-corrected chi connectivity index (χ4v) is 3.19. The lowest BCUT2D eigenvalue weighted by Crippen LogP contribution is -2.52. The Morgan fingerprint density at radius 1 is 1.19 bits per heavy atom. The van der Waals surface area contributed by atoms with Gasteiger partial charge in [-0.3, -0.25) is 9.69 Å². The van der Waals surface area contributed by atoms with Crippen LogP contribution < -0.4 is 15.0 Å². The highest BCUT2D eigenvalue weighted by atomic mass is 16.5. The summed E-state index contributed by atoms with van der Waals surface area (Å²) in [7, 11) is 3.01. The molecule has 27 heavy (non-hydrogen) atoms. The van der Waals surface area contributed by atoms with E-state index in [-0.39, 0.29) is 24.3 Å². The first kappa shape index (κ1) is 21.0. The van der Waals surface area contributed by atoms with E-state index < -0.39 is 6.04 Å². The molecule has 7 nitrogen and oxygen atoms in total. The van der Waals surface area contributed by atoms with Crippen molar-refractivity contribution >= 4 is 17.6 Å². The predicted octanol–water partition coefficient (Wildman–Crippen LogP) is 1.52. The van der Waals surface area contributed by atoms with E-state index in [1.54, 1.807) is 7.11 Å². The summed E-state index contributed by atoms with van der Waals surface area (Å²) >= 11 is 0. The molecule has 1 aliphatic rings. The Morgan fingerprint density at radius 3 is 2.48 bits per heavy atom. The lowest BCUT2D eigenvalue weighted by Gasteiger charge is -2.36. The van der Waals surface area contributed by atoms with Gasteiger partial charge in [-0.25, -0.2) is 4.79 Å². The molecule has 1 aromatic rings. The molecule has 1 heterocycles. The van der Waals surface area contributed by atoms with E-state index in [0.717, 1.165) is 44.0 Å². The fraction of sp³-hybridized carbons (Fsp3) is 0.600. The molecule has 1 N–H and O–H groups in total. The van der Waals surface area contributed by atoms with Crippen molar-refractivity contribution < 1.29 is 19.1 Å². The molecule has 7 heteroatoms. The van der Waals surface area contributed by atoms with Crippen LogP contribution in [0.3, 0.4) is 0 Å². The van der Waals surface area contributed by atoms with Crippen LogP contribution in [-0.4, -0.2) is 69.8 Å². The molecule has 2 rings (SSSR count). The molecule has 0 aromatic heterocycles. The van der Waals surface area contributed by atoms with E-state index in [0.29, 0.717) is 0 Å². The Hall–Kier alpha value is -2.28. The number of amides is 1. The van der Waals surface area contributed by atoms with Crippen molar-refractivity contribution in [1.29, 1.82) is 0 Å². The van der Waals surface area contributed by atoms with Crippen LogP contribution in [0.25, 0.3) is 0 Å². The average Bonchev–Trinajstić information content (AvgIpc) is 2.71. The number of rotatable bonds is 8. The molecular formula is C20H31N3O4. The van der Waals surface area contributed by atoms with Crippen molar-refractivity contribution in [3.8, 4) is 5.75 Å². The minimum absolute atomic E-state index is 0.0336. The Morgan fingerprint density at radius 2 is 1.89 bits per heavy atom. The van der Waals surface area contributed by atoms with Crippen LogP contribution >= 0.6 is 0 Å². The zero-order valence-corrected chi connectivity index (χ0v) is 16.7. The number of benzene rings is 1. The van der Waals surface area contributed by atoms with Crippen molar-refractivity contribution in [3.63, 3.8) is 0 Å². The Labute approximate surface area is 161 Å². The van der Waals surface area contributed by atoms with Crippen molar-refractivity contribution in [2.45, 2.75) is 26.3 Å². The zero-order chi connectivity index (χ0) is 19.8. The Bertz CT molecular complexity index is 629. The monoisotopic (exact) mass is 377 g/mol. The van der Waals surface area contributed by atoms with Crippen LogP contribution in [-0.2, 0) is 14.3 Å². The van der Waals surface area contributed by atoms with Gasteiger partial charge < -0.3 is 19.7 Å². The van der Waals surface area contributed by atoms with E-state index in [1.807, 2.05) is 32.0 Å². The highest BCUT2D eigenvalue weighted by Crippen LogP contribution is 2.22. The number of nitrogens with zero attached hydrogens (tertiary/aromatic N) is 2. The summed E-state index contributed by atoms with van der Waals surface area (Å²) in [6.45, 7) is 7.47. The summed E-state index contributed by atoms with van der Waals surface area (Å²) in [5.74, 6) is 0.348. The lowest BCUT2D eigenvalue weighted by molar-refractivity contribution is -0.146. The number of hydrogen-bond acceptors (Lipinski definition) is 6. The molecule has 0 spiro atoms. The van der Waals surface area contributed by atoms with Crippen LogP contribution in [0.2, 0.25) is 0 Å². The minimum Gasteiger partial charge on any atom is -0.497 e. The molecule has 1 aromatic carbocycles. The van der Waals surface area contributed by atoms with Crippen LogP contribution in [0.5, 0.6) is 5.75 Å². The largest absolute Gasteiger partial charge is 0.497 e. The number of anilines is 1. The van der Waals surface area contributed by atoms with Crippen LogP contribution in [0.1, 0.15) is 20.3 Å². The van der Waals surface area contributed by atoms with Gasteiger partial charge in [-0.15, -0.1) is 0 Å². The number of hydrogen-bond donors (Lipinski definition) is 1. The molecule has 1 fully saturated rings. The maximum atomic E-state index is 12.4. The molecule has 2 atom stereocenters. The number of piperazine rings is 1. The van der Waals surface area contributed by atoms with Gasteiger partial charge in [0, 0.05) is 37.9 Å².